The first-order valence-electron chi connectivity index (χ1n) is 5.87. The van der Waals surface area contributed by atoms with Gasteiger partial charge in [0.15, 0.2) is 0 Å². The SMILES string of the molecule is COc1cc(Br)ccc1C(Br)c1cc(F)ccc1OC. The third kappa shape index (κ3) is 3.15. The molecule has 0 fully saturated rings. The smallest absolute Gasteiger partial charge is 0.124 e. The number of hydrogen-bond donors (Lipinski definition) is 0. The van der Waals surface area contributed by atoms with Crippen molar-refractivity contribution in [3.8, 4) is 11.5 Å². The standard InChI is InChI=1S/C15H13Br2FO2/c1-19-13-6-4-10(18)8-12(13)15(17)11-5-3-9(16)7-14(11)20-2/h3-8,15H,1-2H3. The number of hydrogen-bond acceptors (Lipinski definition) is 2. The summed E-state index contributed by atoms with van der Waals surface area (Å²) >= 11 is 7.00. The van der Waals surface area contributed by atoms with Crippen LogP contribution in [-0.4, -0.2) is 14.2 Å². The minimum atomic E-state index is -0.304. The van der Waals surface area contributed by atoms with Gasteiger partial charge in [-0.25, -0.2) is 4.39 Å². The van der Waals surface area contributed by atoms with Crippen molar-refractivity contribution in [2.24, 2.45) is 0 Å². The van der Waals surface area contributed by atoms with E-state index in [0.717, 1.165) is 10.0 Å². The Labute approximate surface area is 134 Å². The molecule has 0 aliphatic rings. The molecule has 5 heteroatoms. The lowest BCUT2D eigenvalue weighted by atomic mass is 10.0. The molecule has 1 unspecified atom stereocenters. The fourth-order valence-electron chi connectivity index (χ4n) is 1.97. The molecule has 0 bridgehead atoms. The molecule has 20 heavy (non-hydrogen) atoms. The van der Waals surface area contributed by atoms with E-state index in [2.05, 4.69) is 31.9 Å². The molecule has 0 amide bonds. The first kappa shape index (κ1) is 15.3. The summed E-state index contributed by atoms with van der Waals surface area (Å²) in [4.78, 5) is -0.226. The third-order valence-corrected chi connectivity index (χ3v) is 4.41. The second kappa shape index (κ2) is 6.59. The zero-order chi connectivity index (χ0) is 14.7. The largest absolute Gasteiger partial charge is 0.496 e. The van der Waals surface area contributed by atoms with E-state index in [1.165, 1.54) is 12.1 Å². The van der Waals surface area contributed by atoms with Gasteiger partial charge in [0, 0.05) is 15.6 Å². The highest BCUT2D eigenvalue weighted by atomic mass is 79.9. The average molecular weight is 404 g/mol. The highest BCUT2D eigenvalue weighted by Gasteiger charge is 2.19. The van der Waals surface area contributed by atoms with Crippen molar-refractivity contribution in [2.45, 2.75) is 4.83 Å². The van der Waals surface area contributed by atoms with Crippen molar-refractivity contribution in [1.82, 2.24) is 0 Å². The molecule has 0 radical (unpaired) electrons. The van der Waals surface area contributed by atoms with E-state index in [-0.39, 0.29) is 10.6 Å². The van der Waals surface area contributed by atoms with Crippen molar-refractivity contribution in [3.05, 3.63) is 57.8 Å². The van der Waals surface area contributed by atoms with Crippen LogP contribution in [0.5, 0.6) is 11.5 Å². The van der Waals surface area contributed by atoms with Crippen LogP contribution in [0.4, 0.5) is 4.39 Å². The minimum Gasteiger partial charge on any atom is -0.496 e. The molecule has 106 valence electrons. The van der Waals surface area contributed by atoms with E-state index in [1.807, 2.05) is 18.2 Å². The van der Waals surface area contributed by atoms with Crippen molar-refractivity contribution in [3.63, 3.8) is 0 Å². The van der Waals surface area contributed by atoms with Gasteiger partial charge in [-0.05, 0) is 30.3 Å². The van der Waals surface area contributed by atoms with Gasteiger partial charge < -0.3 is 9.47 Å². The predicted octanol–water partition coefficient (Wildman–Crippen LogP) is 5.09. The van der Waals surface area contributed by atoms with Crippen molar-refractivity contribution in [1.29, 1.82) is 0 Å². The van der Waals surface area contributed by atoms with E-state index in [1.54, 1.807) is 20.3 Å². The van der Waals surface area contributed by atoms with Crippen LogP contribution in [0.25, 0.3) is 0 Å². The molecule has 1 atom stereocenters. The Kier molecular flexibility index (Phi) is 5.05. The number of methoxy groups -OCH3 is 2. The normalized spacial score (nSPS) is 12.1. The first-order valence-corrected chi connectivity index (χ1v) is 7.58. The van der Waals surface area contributed by atoms with Crippen LogP contribution in [0.15, 0.2) is 40.9 Å². The zero-order valence-electron chi connectivity index (χ0n) is 11.0. The van der Waals surface area contributed by atoms with Crippen LogP contribution in [0.1, 0.15) is 16.0 Å². The predicted molar refractivity (Wildman–Crippen MR) is 84.4 cm³/mol. The Morgan fingerprint density at radius 2 is 1.65 bits per heavy atom. The van der Waals surface area contributed by atoms with E-state index in [9.17, 15) is 4.39 Å². The quantitative estimate of drug-likeness (QED) is 0.662. The summed E-state index contributed by atoms with van der Waals surface area (Å²) in [6.45, 7) is 0. The molecule has 0 N–H and O–H groups in total. The summed E-state index contributed by atoms with van der Waals surface area (Å²) < 4.78 is 25.1. The summed E-state index contributed by atoms with van der Waals surface area (Å²) in [5.41, 5.74) is 1.62. The molecule has 2 nitrogen and oxygen atoms in total. The maximum Gasteiger partial charge on any atom is 0.124 e. The Bertz CT molecular complexity index is 617. The summed E-state index contributed by atoms with van der Waals surface area (Å²) in [7, 11) is 3.17. The van der Waals surface area contributed by atoms with E-state index >= 15 is 0 Å². The molecule has 0 aromatic heterocycles. The molecular weight excluding hydrogens is 391 g/mol. The number of halogens is 3. The number of alkyl halides is 1. The van der Waals surface area contributed by atoms with Crippen LogP contribution < -0.4 is 9.47 Å². The van der Waals surface area contributed by atoms with Crippen LogP contribution >= 0.6 is 31.9 Å². The first-order chi connectivity index (χ1) is 9.56. The minimum absolute atomic E-state index is 0.226. The van der Waals surface area contributed by atoms with E-state index in [0.29, 0.717) is 17.1 Å². The number of rotatable bonds is 4. The summed E-state index contributed by atoms with van der Waals surface area (Å²) in [6.07, 6.45) is 0. The zero-order valence-corrected chi connectivity index (χ0v) is 14.2. The highest BCUT2D eigenvalue weighted by Crippen LogP contribution is 2.41. The molecule has 0 heterocycles. The van der Waals surface area contributed by atoms with Crippen molar-refractivity contribution in [2.75, 3.05) is 14.2 Å². The molecule has 2 aromatic rings. The lowest BCUT2D eigenvalue weighted by Gasteiger charge is -2.17. The van der Waals surface area contributed by atoms with Gasteiger partial charge >= 0.3 is 0 Å². The van der Waals surface area contributed by atoms with E-state index < -0.39 is 0 Å². The van der Waals surface area contributed by atoms with Crippen LogP contribution in [-0.2, 0) is 0 Å². The van der Waals surface area contributed by atoms with Gasteiger partial charge in [-0.2, -0.15) is 0 Å². The van der Waals surface area contributed by atoms with Crippen molar-refractivity contribution >= 4 is 31.9 Å². The molecule has 0 aliphatic carbocycles. The highest BCUT2D eigenvalue weighted by molar-refractivity contribution is 9.10. The fourth-order valence-corrected chi connectivity index (χ4v) is 3.04. The van der Waals surface area contributed by atoms with Crippen molar-refractivity contribution < 1.29 is 13.9 Å². The van der Waals surface area contributed by atoms with Gasteiger partial charge in [-0.15, -0.1) is 0 Å². The lowest BCUT2D eigenvalue weighted by Crippen LogP contribution is -2.00. The lowest BCUT2D eigenvalue weighted by molar-refractivity contribution is 0.404. The van der Waals surface area contributed by atoms with Gasteiger partial charge in [0.2, 0.25) is 0 Å². The number of benzene rings is 2. The molecule has 2 rings (SSSR count). The third-order valence-electron chi connectivity index (χ3n) is 2.93. The van der Waals surface area contributed by atoms with Gasteiger partial charge in [0.05, 0.1) is 19.0 Å². The van der Waals surface area contributed by atoms with Crippen LogP contribution in [0, 0.1) is 5.82 Å². The monoisotopic (exact) mass is 402 g/mol. The average Bonchev–Trinajstić information content (AvgIpc) is 2.46. The van der Waals surface area contributed by atoms with E-state index in [4.69, 9.17) is 9.47 Å². The van der Waals surface area contributed by atoms with Crippen LogP contribution in [0.2, 0.25) is 0 Å². The second-order valence-electron chi connectivity index (χ2n) is 4.14. The molecule has 2 aromatic carbocycles. The molecular formula is C15H13Br2FO2. The summed E-state index contributed by atoms with van der Waals surface area (Å²) in [5, 5.41) is 0. The molecule has 0 spiro atoms. The topological polar surface area (TPSA) is 18.5 Å². The van der Waals surface area contributed by atoms with Crippen LogP contribution in [0.3, 0.4) is 0 Å². The maximum atomic E-state index is 13.5. The molecule has 0 saturated heterocycles. The summed E-state index contributed by atoms with van der Waals surface area (Å²) in [5.74, 6) is 1.03. The molecule has 0 saturated carbocycles. The molecule has 0 aliphatic heterocycles. The Morgan fingerprint density at radius 1 is 0.950 bits per heavy atom. The summed E-state index contributed by atoms with van der Waals surface area (Å²) in [6, 6.07) is 10.2. The van der Waals surface area contributed by atoms with Gasteiger partial charge in [0.25, 0.3) is 0 Å². The van der Waals surface area contributed by atoms with Gasteiger partial charge in [-0.1, -0.05) is 37.9 Å². The Morgan fingerprint density at radius 3 is 2.30 bits per heavy atom. The Balaban J connectivity index is 2.51. The van der Waals surface area contributed by atoms with Gasteiger partial charge in [-0.3, -0.25) is 0 Å². The second-order valence-corrected chi connectivity index (χ2v) is 5.97. The van der Waals surface area contributed by atoms with Gasteiger partial charge in [0.1, 0.15) is 17.3 Å². The Hall–Kier alpha value is -1.07. The fraction of sp³-hybridized carbons (Fsp3) is 0.200. The number of ether oxygens (including phenoxy) is 2. The maximum absolute atomic E-state index is 13.5.